The average Bonchev–Trinajstić information content (AvgIpc) is 2.52. The highest BCUT2D eigenvalue weighted by molar-refractivity contribution is 5.92. The average molecular weight is 319 g/mol. The zero-order valence-electron chi connectivity index (χ0n) is 14.2. The van der Waals surface area contributed by atoms with Gasteiger partial charge in [-0.05, 0) is 44.5 Å². The van der Waals surface area contributed by atoms with Crippen LogP contribution in [0.15, 0.2) is 24.3 Å². The quantitative estimate of drug-likeness (QED) is 0.783. The van der Waals surface area contributed by atoms with Gasteiger partial charge in [-0.1, -0.05) is 6.07 Å². The third-order valence-electron chi connectivity index (χ3n) is 3.64. The number of morpholine rings is 1. The van der Waals surface area contributed by atoms with Crippen molar-refractivity contribution in [3.8, 4) is 11.5 Å². The Morgan fingerprint density at radius 2 is 2.00 bits per heavy atom. The number of carbonyl (C=O) groups excluding carboxylic acids is 1. The lowest BCUT2D eigenvalue weighted by Gasteiger charge is -2.34. The van der Waals surface area contributed by atoms with Crippen LogP contribution in [0.2, 0.25) is 0 Å². The van der Waals surface area contributed by atoms with Crippen LogP contribution in [0, 0.1) is 0 Å². The van der Waals surface area contributed by atoms with Crippen molar-refractivity contribution in [2.75, 3.05) is 26.8 Å². The van der Waals surface area contributed by atoms with Crippen LogP contribution in [-0.4, -0.2) is 49.8 Å². The summed E-state index contributed by atoms with van der Waals surface area (Å²) in [7, 11) is 1.60. The predicted octanol–water partition coefficient (Wildman–Crippen LogP) is 2.74. The summed E-state index contributed by atoms with van der Waals surface area (Å²) >= 11 is 0. The zero-order chi connectivity index (χ0) is 16.8. The summed E-state index contributed by atoms with van der Waals surface area (Å²) in [4.78, 5) is 14.1. The Balaban J connectivity index is 2.05. The second-order valence-electron chi connectivity index (χ2n) is 5.68. The Hall–Kier alpha value is -2.01. The van der Waals surface area contributed by atoms with Gasteiger partial charge in [-0.3, -0.25) is 4.79 Å². The van der Waals surface area contributed by atoms with Gasteiger partial charge in [-0.15, -0.1) is 0 Å². The number of hydrogen-bond acceptors (Lipinski definition) is 4. The molecule has 1 aromatic rings. The van der Waals surface area contributed by atoms with Crippen molar-refractivity contribution >= 4 is 12.0 Å². The molecule has 0 spiro atoms. The van der Waals surface area contributed by atoms with E-state index in [4.69, 9.17) is 14.2 Å². The minimum Gasteiger partial charge on any atom is -0.493 e. The van der Waals surface area contributed by atoms with Crippen LogP contribution in [0.4, 0.5) is 0 Å². The Morgan fingerprint density at radius 1 is 1.30 bits per heavy atom. The lowest BCUT2D eigenvalue weighted by Crippen LogP contribution is -2.47. The van der Waals surface area contributed by atoms with E-state index in [1.165, 1.54) is 0 Å². The molecule has 0 radical (unpaired) electrons. The summed E-state index contributed by atoms with van der Waals surface area (Å²) < 4.78 is 16.5. The molecule has 0 saturated carbocycles. The van der Waals surface area contributed by atoms with Gasteiger partial charge in [-0.25, -0.2) is 0 Å². The highest BCUT2D eigenvalue weighted by atomic mass is 16.5. The van der Waals surface area contributed by atoms with E-state index in [2.05, 4.69) is 0 Å². The summed E-state index contributed by atoms with van der Waals surface area (Å²) in [5.41, 5.74) is 0.896. The second-order valence-corrected chi connectivity index (χ2v) is 5.68. The maximum Gasteiger partial charge on any atom is 0.246 e. The molecule has 1 amide bonds. The first kappa shape index (κ1) is 17.3. The molecule has 0 aromatic heterocycles. The van der Waals surface area contributed by atoms with Crippen LogP contribution >= 0.6 is 0 Å². The van der Waals surface area contributed by atoms with Gasteiger partial charge in [0, 0.05) is 19.2 Å². The molecule has 0 bridgehead atoms. The second kappa shape index (κ2) is 8.02. The monoisotopic (exact) mass is 319 g/mol. The van der Waals surface area contributed by atoms with Crippen LogP contribution in [0.5, 0.6) is 11.5 Å². The number of methoxy groups -OCH3 is 1. The molecule has 5 nitrogen and oxygen atoms in total. The highest BCUT2D eigenvalue weighted by Gasteiger charge is 2.24. The van der Waals surface area contributed by atoms with Crippen molar-refractivity contribution < 1.29 is 19.0 Å². The van der Waals surface area contributed by atoms with E-state index in [9.17, 15) is 4.79 Å². The third kappa shape index (κ3) is 4.73. The van der Waals surface area contributed by atoms with E-state index in [-0.39, 0.29) is 18.1 Å². The molecular formula is C18H25NO4. The number of amides is 1. The van der Waals surface area contributed by atoms with Gasteiger partial charge in [0.25, 0.3) is 0 Å². The molecule has 0 N–H and O–H groups in total. The number of carbonyl (C=O) groups is 1. The van der Waals surface area contributed by atoms with Gasteiger partial charge < -0.3 is 19.1 Å². The number of hydrogen-bond donors (Lipinski definition) is 0. The molecule has 1 heterocycles. The zero-order valence-corrected chi connectivity index (χ0v) is 14.2. The highest BCUT2D eigenvalue weighted by Crippen LogP contribution is 2.28. The molecule has 1 aliphatic rings. The van der Waals surface area contributed by atoms with Crippen LogP contribution < -0.4 is 9.47 Å². The Kier molecular flexibility index (Phi) is 6.04. The third-order valence-corrected chi connectivity index (χ3v) is 3.64. The standard InChI is InChI=1S/C18H25NO4/c1-5-22-16-8-6-15(10-17(16)21-4)7-9-18(20)19-11-13(2)23-14(3)12-19/h6-10,13-14H,5,11-12H2,1-4H3/b9-7+. The summed E-state index contributed by atoms with van der Waals surface area (Å²) in [5, 5.41) is 0. The number of rotatable bonds is 5. The first-order chi connectivity index (χ1) is 11.0. The van der Waals surface area contributed by atoms with Crippen molar-refractivity contribution in [1.82, 2.24) is 4.90 Å². The molecule has 1 aromatic carbocycles. The minimum absolute atomic E-state index is 0.000137. The van der Waals surface area contributed by atoms with Crippen LogP contribution in [0.3, 0.4) is 0 Å². The van der Waals surface area contributed by atoms with Gasteiger partial charge >= 0.3 is 0 Å². The first-order valence-electron chi connectivity index (χ1n) is 7.96. The van der Waals surface area contributed by atoms with Crippen LogP contribution in [-0.2, 0) is 9.53 Å². The van der Waals surface area contributed by atoms with Gasteiger partial charge in [0.05, 0.1) is 25.9 Å². The van der Waals surface area contributed by atoms with Crippen molar-refractivity contribution in [2.45, 2.75) is 33.0 Å². The predicted molar refractivity (Wildman–Crippen MR) is 89.8 cm³/mol. The van der Waals surface area contributed by atoms with Crippen LogP contribution in [0.1, 0.15) is 26.3 Å². The minimum atomic E-state index is -0.000137. The molecule has 126 valence electrons. The molecule has 2 rings (SSSR count). The van der Waals surface area contributed by atoms with E-state index in [0.717, 1.165) is 5.56 Å². The molecule has 1 fully saturated rings. The van der Waals surface area contributed by atoms with Crippen LogP contribution in [0.25, 0.3) is 6.08 Å². The van der Waals surface area contributed by atoms with E-state index in [1.54, 1.807) is 19.3 Å². The molecule has 5 heteroatoms. The molecule has 0 aliphatic carbocycles. The van der Waals surface area contributed by atoms with E-state index in [0.29, 0.717) is 31.2 Å². The maximum atomic E-state index is 12.3. The number of ether oxygens (including phenoxy) is 3. The number of benzene rings is 1. The fourth-order valence-electron chi connectivity index (χ4n) is 2.69. The summed E-state index contributed by atoms with van der Waals surface area (Å²) in [6.07, 6.45) is 3.54. The summed E-state index contributed by atoms with van der Waals surface area (Å²) in [6, 6.07) is 5.62. The molecular weight excluding hydrogens is 294 g/mol. The summed E-state index contributed by atoms with van der Waals surface area (Å²) in [5.74, 6) is 1.37. The van der Waals surface area contributed by atoms with E-state index in [1.807, 2.05) is 43.9 Å². The molecule has 1 saturated heterocycles. The van der Waals surface area contributed by atoms with Crippen molar-refractivity contribution in [1.29, 1.82) is 0 Å². The molecule has 2 unspecified atom stereocenters. The lowest BCUT2D eigenvalue weighted by molar-refractivity contribution is -0.137. The van der Waals surface area contributed by atoms with E-state index < -0.39 is 0 Å². The Labute approximate surface area is 137 Å². The Morgan fingerprint density at radius 3 is 2.61 bits per heavy atom. The van der Waals surface area contributed by atoms with Gasteiger partial charge in [0.15, 0.2) is 11.5 Å². The topological polar surface area (TPSA) is 48.0 Å². The van der Waals surface area contributed by atoms with Gasteiger partial charge in [-0.2, -0.15) is 0 Å². The van der Waals surface area contributed by atoms with Gasteiger partial charge in [0.2, 0.25) is 5.91 Å². The summed E-state index contributed by atoms with van der Waals surface area (Å²) in [6.45, 7) is 7.72. The lowest BCUT2D eigenvalue weighted by atomic mass is 10.1. The molecule has 1 aliphatic heterocycles. The maximum absolute atomic E-state index is 12.3. The fraction of sp³-hybridized carbons (Fsp3) is 0.500. The molecule has 23 heavy (non-hydrogen) atoms. The number of nitrogens with zero attached hydrogens (tertiary/aromatic N) is 1. The SMILES string of the molecule is CCOc1ccc(/C=C/C(=O)N2CC(C)OC(C)C2)cc1OC. The first-order valence-corrected chi connectivity index (χ1v) is 7.96. The molecule has 2 atom stereocenters. The van der Waals surface area contributed by atoms with Crippen molar-refractivity contribution in [2.24, 2.45) is 0 Å². The van der Waals surface area contributed by atoms with Crippen molar-refractivity contribution in [3.63, 3.8) is 0 Å². The van der Waals surface area contributed by atoms with E-state index >= 15 is 0 Å². The van der Waals surface area contributed by atoms with Gasteiger partial charge in [0.1, 0.15) is 0 Å². The fourth-order valence-corrected chi connectivity index (χ4v) is 2.69. The van der Waals surface area contributed by atoms with Crippen molar-refractivity contribution in [3.05, 3.63) is 29.8 Å². The Bertz CT molecular complexity index is 560. The normalized spacial score (nSPS) is 21.5. The smallest absolute Gasteiger partial charge is 0.246 e. The largest absolute Gasteiger partial charge is 0.493 e.